The maximum atomic E-state index is 11.2. The van der Waals surface area contributed by atoms with Crippen molar-refractivity contribution in [1.29, 1.82) is 5.26 Å². The molecule has 14 heavy (non-hydrogen) atoms. The second kappa shape index (κ2) is 4.67. The Kier molecular flexibility index (Phi) is 3.54. The van der Waals surface area contributed by atoms with Crippen LogP contribution in [0.4, 0.5) is 0 Å². The van der Waals surface area contributed by atoms with Crippen LogP contribution in [0.2, 0.25) is 0 Å². The van der Waals surface area contributed by atoms with Crippen molar-refractivity contribution in [2.75, 3.05) is 12.4 Å². The van der Waals surface area contributed by atoms with Crippen molar-refractivity contribution in [3.63, 3.8) is 0 Å². The summed E-state index contributed by atoms with van der Waals surface area (Å²) in [5.74, 6) is -0.665. The standard InChI is InChI=1S/C8H8N2O3S/c1-2-13-8(12)5(3-9)7-10-6(11)4-14-7/h2,4H2,1H3,(H,10,11). The van der Waals surface area contributed by atoms with Crippen LogP contribution in [0.5, 0.6) is 0 Å². The molecule has 0 spiro atoms. The van der Waals surface area contributed by atoms with Gasteiger partial charge in [0.15, 0.2) is 5.57 Å². The van der Waals surface area contributed by atoms with E-state index in [1.165, 1.54) is 0 Å². The van der Waals surface area contributed by atoms with Gasteiger partial charge in [0.1, 0.15) is 11.1 Å². The average Bonchev–Trinajstić information content (AvgIpc) is 2.54. The third-order valence-electron chi connectivity index (χ3n) is 1.42. The number of thioether (sulfide) groups is 1. The van der Waals surface area contributed by atoms with Crippen LogP contribution in [-0.4, -0.2) is 24.2 Å². The summed E-state index contributed by atoms with van der Waals surface area (Å²) in [6.07, 6.45) is 0. The monoisotopic (exact) mass is 212 g/mol. The topological polar surface area (TPSA) is 79.2 Å². The molecule has 1 heterocycles. The van der Waals surface area contributed by atoms with Gasteiger partial charge >= 0.3 is 5.97 Å². The molecule has 0 radical (unpaired) electrons. The Morgan fingerprint density at radius 2 is 2.50 bits per heavy atom. The molecule has 1 aliphatic rings. The van der Waals surface area contributed by atoms with Gasteiger partial charge in [0.05, 0.1) is 12.4 Å². The zero-order valence-electron chi connectivity index (χ0n) is 7.49. The summed E-state index contributed by atoms with van der Waals surface area (Å²) >= 11 is 1.13. The van der Waals surface area contributed by atoms with Crippen LogP contribution in [-0.2, 0) is 14.3 Å². The molecule has 0 saturated carbocycles. The van der Waals surface area contributed by atoms with Crippen molar-refractivity contribution in [3.8, 4) is 6.07 Å². The van der Waals surface area contributed by atoms with Crippen molar-refractivity contribution in [2.24, 2.45) is 0 Å². The van der Waals surface area contributed by atoms with Gasteiger partial charge in [-0.15, -0.1) is 0 Å². The fourth-order valence-electron chi connectivity index (χ4n) is 0.864. The number of amides is 1. The summed E-state index contributed by atoms with van der Waals surface area (Å²) in [6, 6.07) is 1.72. The lowest BCUT2D eigenvalue weighted by atomic mass is 10.3. The molecule has 0 unspecified atom stereocenters. The molecule has 0 bridgehead atoms. The summed E-state index contributed by atoms with van der Waals surface area (Å²) in [7, 11) is 0. The lowest BCUT2D eigenvalue weighted by Gasteiger charge is -2.01. The van der Waals surface area contributed by atoms with Crippen molar-refractivity contribution in [3.05, 3.63) is 10.6 Å². The van der Waals surface area contributed by atoms with Crippen LogP contribution < -0.4 is 5.32 Å². The number of nitriles is 1. The van der Waals surface area contributed by atoms with Crippen LogP contribution >= 0.6 is 11.8 Å². The van der Waals surface area contributed by atoms with E-state index in [0.717, 1.165) is 11.8 Å². The van der Waals surface area contributed by atoms with Gasteiger partial charge in [-0.1, -0.05) is 11.8 Å². The summed E-state index contributed by atoms with van der Waals surface area (Å²) in [4.78, 5) is 22.0. The highest BCUT2D eigenvalue weighted by atomic mass is 32.2. The highest BCUT2D eigenvalue weighted by Gasteiger charge is 2.24. The van der Waals surface area contributed by atoms with Crippen molar-refractivity contribution in [1.82, 2.24) is 5.32 Å². The Balaban J connectivity index is 2.86. The molecule has 0 atom stereocenters. The molecule has 5 nitrogen and oxygen atoms in total. The van der Waals surface area contributed by atoms with Gasteiger partial charge in [-0.3, -0.25) is 4.79 Å². The van der Waals surface area contributed by atoms with E-state index in [4.69, 9.17) is 5.26 Å². The third-order valence-corrected chi connectivity index (χ3v) is 2.42. The minimum absolute atomic E-state index is 0.136. The number of hydrogen-bond donors (Lipinski definition) is 1. The highest BCUT2D eigenvalue weighted by molar-refractivity contribution is 8.04. The molecule has 1 aliphatic heterocycles. The first kappa shape index (κ1) is 10.6. The Hall–Kier alpha value is -1.48. The third kappa shape index (κ3) is 2.26. The van der Waals surface area contributed by atoms with Crippen molar-refractivity contribution in [2.45, 2.75) is 6.92 Å². The van der Waals surface area contributed by atoms with Gasteiger partial charge in [-0.05, 0) is 6.92 Å². The lowest BCUT2D eigenvalue weighted by Crippen LogP contribution is -2.18. The number of carbonyl (C=O) groups is 2. The van der Waals surface area contributed by atoms with E-state index in [0.29, 0.717) is 0 Å². The van der Waals surface area contributed by atoms with Gasteiger partial charge in [-0.25, -0.2) is 4.79 Å². The number of carbonyl (C=O) groups excluding carboxylic acids is 2. The van der Waals surface area contributed by atoms with Crippen molar-refractivity contribution >= 4 is 23.6 Å². The Labute approximate surface area is 85.1 Å². The number of rotatable bonds is 2. The highest BCUT2D eigenvalue weighted by Crippen LogP contribution is 2.22. The number of nitrogens with zero attached hydrogens (tertiary/aromatic N) is 1. The molecule has 1 amide bonds. The van der Waals surface area contributed by atoms with E-state index >= 15 is 0 Å². The number of nitrogens with one attached hydrogen (secondary N) is 1. The van der Waals surface area contributed by atoms with Gasteiger partial charge in [0.25, 0.3) is 0 Å². The summed E-state index contributed by atoms with van der Waals surface area (Å²) < 4.78 is 4.66. The predicted octanol–water partition coefficient (Wildman–Crippen LogP) is 0.148. The van der Waals surface area contributed by atoms with Crippen LogP contribution in [0.15, 0.2) is 10.6 Å². The molecular weight excluding hydrogens is 204 g/mol. The largest absolute Gasteiger partial charge is 0.462 e. The first-order valence-corrected chi connectivity index (χ1v) is 4.91. The van der Waals surface area contributed by atoms with Crippen molar-refractivity contribution < 1.29 is 14.3 Å². The van der Waals surface area contributed by atoms with E-state index in [-0.39, 0.29) is 28.9 Å². The molecule has 0 aliphatic carbocycles. The normalized spacial score (nSPS) is 18.4. The fraction of sp³-hybridized carbons (Fsp3) is 0.375. The van der Waals surface area contributed by atoms with E-state index in [1.807, 2.05) is 0 Å². The summed E-state index contributed by atoms with van der Waals surface area (Å²) in [5.41, 5.74) is -0.136. The molecule has 0 aromatic heterocycles. The molecule has 0 aromatic rings. The fourth-order valence-corrected chi connectivity index (χ4v) is 1.67. The van der Waals surface area contributed by atoms with E-state index in [9.17, 15) is 9.59 Å². The maximum Gasteiger partial charge on any atom is 0.351 e. The first-order valence-electron chi connectivity index (χ1n) is 3.93. The summed E-state index contributed by atoms with van der Waals surface area (Å²) in [6.45, 7) is 1.85. The molecule has 6 heteroatoms. The number of hydrogen-bond acceptors (Lipinski definition) is 5. The Morgan fingerprint density at radius 1 is 1.79 bits per heavy atom. The maximum absolute atomic E-state index is 11.2. The quantitative estimate of drug-likeness (QED) is 0.400. The molecule has 1 fully saturated rings. The average molecular weight is 212 g/mol. The molecule has 1 N–H and O–H groups in total. The zero-order valence-corrected chi connectivity index (χ0v) is 8.31. The van der Waals surface area contributed by atoms with Gasteiger partial charge in [-0.2, -0.15) is 5.26 Å². The number of ether oxygens (including phenoxy) is 1. The van der Waals surface area contributed by atoms with Crippen LogP contribution in [0.25, 0.3) is 0 Å². The SMILES string of the molecule is CCOC(=O)C(C#N)=C1NC(=O)CS1. The van der Waals surface area contributed by atoms with Crippen LogP contribution in [0.1, 0.15) is 6.92 Å². The summed E-state index contributed by atoms with van der Waals surface area (Å²) in [5, 5.41) is 11.4. The molecular formula is C8H8N2O3S. The molecule has 1 saturated heterocycles. The van der Waals surface area contributed by atoms with Gasteiger partial charge in [0, 0.05) is 0 Å². The minimum atomic E-state index is -0.695. The van der Waals surface area contributed by atoms with Crippen LogP contribution in [0.3, 0.4) is 0 Å². The predicted molar refractivity (Wildman–Crippen MR) is 49.9 cm³/mol. The molecule has 0 aromatic carbocycles. The smallest absolute Gasteiger partial charge is 0.351 e. The van der Waals surface area contributed by atoms with Crippen LogP contribution in [0, 0.1) is 11.3 Å². The Morgan fingerprint density at radius 3 is 2.93 bits per heavy atom. The first-order chi connectivity index (χ1) is 6.69. The zero-order chi connectivity index (χ0) is 10.6. The minimum Gasteiger partial charge on any atom is -0.462 e. The Bertz CT molecular complexity index is 343. The van der Waals surface area contributed by atoms with E-state index in [2.05, 4.69) is 10.1 Å². The molecule has 74 valence electrons. The van der Waals surface area contributed by atoms with E-state index < -0.39 is 5.97 Å². The second-order valence-electron chi connectivity index (χ2n) is 2.37. The van der Waals surface area contributed by atoms with Gasteiger partial charge < -0.3 is 10.1 Å². The van der Waals surface area contributed by atoms with Gasteiger partial charge in [0.2, 0.25) is 5.91 Å². The lowest BCUT2D eigenvalue weighted by molar-refractivity contribution is -0.138. The second-order valence-corrected chi connectivity index (χ2v) is 3.36. The van der Waals surface area contributed by atoms with E-state index in [1.54, 1.807) is 13.0 Å². The molecule has 1 rings (SSSR count). The number of esters is 1.